The average molecular weight is 320 g/mol. The summed E-state index contributed by atoms with van der Waals surface area (Å²) in [7, 11) is 0. The zero-order chi connectivity index (χ0) is 16.1. The Bertz CT molecular complexity index is 702. The van der Waals surface area contributed by atoms with Gasteiger partial charge in [-0.3, -0.25) is 14.9 Å². The highest BCUT2D eigenvalue weighted by molar-refractivity contribution is 6.34. The third kappa shape index (κ3) is 3.73. The number of nitrogens with zero attached hydrogens (tertiary/aromatic N) is 1. The van der Waals surface area contributed by atoms with Gasteiger partial charge in [0.2, 0.25) is 0 Å². The van der Waals surface area contributed by atoms with Crippen molar-refractivity contribution in [3.8, 4) is 0 Å². The van der Waals surface area contributed by atoms with Crippen LogP contribution in [0.1, 0.15) is 17.3 Å². The van der Waals surface area contributed by atoms with E-state index in [1.54, 1.807) is 12.1 Å². The monoisotopic (exact) mass is 319 g/mol. The Kier molecular flexibility index (Phi) is 4.95. The maximum Gasteiger partial charge on any atom is 0.270 e. The van der Waals surface area contributed by atoms with Crippen molar-refractivity contribution in [2.24, 2.45) is 0 Å². The number of carbonyl (C=O) groups is 1. The number of halogens is 1. The normalized spacial score (nSPS) is 10.1. The average Bonchev–Trinajstić information content (AvgIpc) is 2.49. The van der Waals surface area contributed by atoms with Crippen molar-refractivity contribution in [1.82, 2.24) is 0 Å². The van der Waals surface area contributed by atoms with Crippen molar-refractivity contribution >= 4 is 34.6 Å². The summed E-state index contributed by atoms with van der Waals surface area (Å²) in [4.78, 5) is 22.4. The fraction of sp³-hybridized carbons (Fsp3) is 0.133. The Morgan fingerprint density at radius 1 is 1.18 bits per heavy atom. The molecule has 114 valence electrons. The van der Waals surface area contributed by atoms with Crippen LogP contribution in [0.3, 0.4) is 0 Å². The number of rotatable bonds is 5. The quantitative estimate of drug-likeness (QED) is 0.646. The highest BCUT2D eigenvalue weighted by atomic mass is 35.5. The predicted molar refractivity (Wildman–Crippen MR) is 86.7 cm³/mol. The highest BCUT2D eigenvalue weighted by Crippen LogP contribution is 2.23. The largest absolute Gasteiger partial charge is 0.385 e. The molecule has 0 aliphatic heterocycles. The van der Waals surface area contributed by atoms with Crippen molar-refractivity contribution < 1.29 is 9.72 Å². The highest BCUT2D eigenvalue weighted by Gasteiger charge is 2.16. The van der Waals surface area contributed by atoms with Crippen molar-refractivity contribution in [3.05, 3.63) is 63.2 Å². The molecule has 0 fully saturated rings. The summed E-state index contributed by atoms with van der Waals surface area (Å²) in [5, 5.41) is 16.7. The first-order valence-electron chi connectivity index (χ1n) is 6.60. The molecule has 0 aliphatic carbocycles. The molecule has 0 aromatic heterocycles. The van der Waals surface area contributed by atoms with Crippen molar-refractivity contribution in [3.63, 3.8) is 0 Å². The van der Waals surface area contributed by atoms with Gasteiger partial charge in [-0.1, -0.05) is 11.6 Å². The van der Waals surface area contributed by atoms with Gasteiger partial charge in [0.25, 0.3) is 11.6 Å². The topological polar surface area (TPSA) is 84.3 Å². The molecule has 0 saturated carbocycles. The maximum atomic E-state index is 12.2. The number of nitro groups is 1. The lowest BCUT2D eigenvalue weighted by molar-refractivity contribution is -0.384. The van der Waals surface area contributed by atoms with Gasteiger partial charge >= 0.3 is 0 Å². The van der Waals surface area contributed by atoms with Gasteiger partial charge in [-0.15, -0.1) is 0 Å². The van der Waals surface area contributed by atoms with Gasteiger partial charge in [0.05, 0.1) is 15.5 Å². The van der Waals surface area contributed by atoms with E-state index in [-0.39, 0.29) is 16.3 Å². The Morgan fingerprint density at radius 3 is 2.41 bits per heavy atom. The van der Waals surface area contributed by atoms with E-state index < -0.39 is 10.8 Å². The van der Waals surface area contributed by atoms with Crippen LogP contribution in [0.5, 0.6) is 0 Å². The molecule has 22 heavy (non-hydrogen) atoms. The van der Waals surface area contributed by atoms with E-state index in [2.05, 4.69) is 10.6 Å². The summed E-state index contributed by atoms with van der Waals surface area (Å²) < 4.78 is 0. The molecule has 2 N–H and O–H groups in total. The van der Waals surface area contributed by atoms with Crippen molar-refractivity contribution in [2.45, 2.75) is 6.92 Å². The van der Waals surface area contributed by atoms with Gasteiger partial charge in [0.1, 0.15) is 0 Å². The SMILES string of the molecule is CCNc1ccc(NC(=O)c2cc([N+](=O)[O-])ccc2Cl)cc1. The second-order valence-corrected chi connectivity index (χ2v) is 4.89. The summed E-state index contributed by atoms with van der Waals surface area (Å²) >= 11 is 5.94. The molecule has 6 nitrogen and oxygen atoms in total. The molecule has 0 bridgehead atoms. The van der Waals surface area contributed by atoms with Crippen molar-refractivity contribution in [2.75, 3.05) is 17.2 Å². The van der Waals surface area contributed by atoms with E-state index in [1.807, 2.05) is 19.1 Å². The number of hydrogen-bond acceptors (Lipinski definition) is 4. The number of nitro benzene ring substituents is 1. The summed E-state index contributed by atoms with van der Waals surface area (Å²) in [5.41, 5.74) is 1.40. The van der Waals surface area contributed by atoms with Crippen LogP contribution in [-0.4, -0.2) is 17.4 Å². The van der Waals surface area contributed by atoms with Gasteiger partial charge in [-0.05, 0) is 37.3 Å². The molecule has 0 unspecified atom stereocenters. The fourth-order valence-corrected chi connectivity index (χ4v) is 2.08. The second-order valence-electron chi connectivity index (χ2n) is 4.48. The number of benzene rings is 2. The van der Waals surface area contributed by atoms with Crippen LogP contribution in [0, 0.1) is 10.1 Å². The minimum Gasteiger partial charge on any atom is -0.385 e. The molecule has 0 spiro atoms. The Labute approximate surface area is 132 Å². The first-order valence-corrected chi connectivity index (χ1v) is 6.98. The van der Waals surface area contributed by atoms with Gasteiger partial charge in [0.15, 0.2) is 0 Å². The van der Waals surface area contributed by atoms with Gasteiger partial charge in [-0.25, -0.2) is 0 Å². The Hall–Kier alpha value is -2.60. The molecular weight excluding hydrogens is 306 g/mol. The summed E-state index contributed by atoms with van der Waals surface area (Å²) in [5.74, 6) is -0.495. The molecule has 0 atom stereocenters. The van der Waals surface area contributed by atoms with Gasteiger partial charge in [-0.2, -0.15) is 0 Å². The third-order valence-corrected chi connectivity index (χ3v) is 3.26. The minimum atomic E-state index is -0.571. The summed E-state index contributed by atoms with van der Waals surface area (Å²) in [6.07, 6.45) is 0. The molecule has 2 rings (SSSR count). The van der Waals surface area contributed by atoms with E-state index in [0.717, 1.165) is 18.3 Å². The van der Waals surface area contributed by atoms with E-state index in [4.69, 9.17) is 11.6 Å². The molecule has 0 saturated heterocycles. The zero-order valence-corrected chi connectivity index (χ0v) is 12.6. The van der Waals surface area contributed by atoms with Crippen LogP contribution < -0.4 is 10.6 Å². The molecule has 7 heteroatoms. The number of carbonyl (C=O) groups excluding carboxylic acids is 1. The number of amides is 1. The molecule has 0 heterocycles. The van der Waals surface area contributed by atoms with E-state index in [9.17, 15) is 14.9 Å². The number of non-ortho nitro benzene ring substituents is 1. The standard InChI is InChI=1S/C15H14ClN3O3/c1-2-17-10-3-5-11(6-4-10)18-15(20)13-9-12(19(21)22)7-8-14(13)16/h3-9,17H,2H2,1H3,(H,18,20). The number of nitrogens with one attached hydrogen (secondary N) is 2. The number of hydrogen-bond donors (Lipinski definition) is 2. The predicted octanol–water partition coefficient (Wildman–Crippen LogP) is 3.93. The Morgan fingerprint density at radius 2 is 1.82 bits per heavy atom. The smallest absolute Gasteiger partial charge is 0.270 e. The van der Waals surface area contributed by atoms with Gasteiger partial charge in [0, 0.05) is 30.1 Å². The zero-order valence-electron chi connectivity index (χ0n) is 11.8. The first kappa shape index (κ1) is 15.8. The van der Waals surface area contributed by atoms with Crippen molar-refractivity contribution in [1.29, 1.82) is 0 Å². The maximum absolute atomic E-state index is 12.2. The van der Waals surface area contributed by atoms with E-state index >= 15 is 0 Å². The lowest BCUT2D eigenvalue weighted by atomic mass is 10.2. The summed E-state index contributed by atoms with van der Waals surface area (Å²) in [6.45, 7) is 2.79. The first-order chi connectivity index (χ1) is 10.5. The molecule has 0 aliphatic rings. The van der Waals surface area contributed by atoms with Crippen LogP contribution in [0.4, 0.5) is 17.1 Å². The summed E-state index contributed by atoms with van der Waals surface area (Å²) in [6, 6.07) is 10.9. The van der Waals surface area contributed by atoms with E-state index in [0.29, 0.717) is 5.69 Å². The minimum absolute atomic E-state index is 0.0617. The third-order valence-electron chi connectivity index (χ3n) is 2.93. The lowest BCUT2D eigenvalue weighted by Crippen LogP contribution is -2.12. The lowest BCUT2D eigenvalue weighted by Gasteiger charge is -2.08. The molecule has 2 aromatic carbocycles. The number of anilines is 2. The Balaban J connectivity index is 2.18. The van der Waals surface area contributed by atoms with Crippen LogP contribution in [0.2, 0.25) is 5.02 Å². The van der Waals surface area contributed by atoms with Gasteiger partial charge < -0.3 is 10.6 Å². The van der Waals surface area contributed by atoms with Crippen LogP contribution >= 0.6 is 11.6 Å². The molecule has 1 amide bonds. The fourth-order valence-electron chi connectivity index (χ4n) is 1.87. The second kappa shape index (κ2) is 6.91. The van der Waals surface area contributed by atoms with Crippen LogP contribution in [-0.2, 0) is 0 Å². The molecular formula is C15H14ClN3O3. The van der Waals surface area contributed by atoms with Crippen LogP contribution in [0.15, 0.2) is 42.5 Å². The molecule has 2 aromatic rings. The molecule has 0 radical (unpaired) electrons. The van der Waals surface area contributed by atoms with Crippen LogP contribution in [0.25, 0.3) is 0 Å². The van der Waals surface area contributed by atoms with E-state index in [1.165, 1.54) is 12.1 Å².